The van der Waals surface area contributed by atoms with Gasteiger partial charge in [0.05, 0.1) is 23.9 Å². The molecule has 0 radical (unpaired) electrons. The predicted molar refractivity (Wildman–Crippen MR) is 55.9 cm³/mol. The summed E-state index contributed by atoms with van der Waals surface area (Å²) in [6.07, 6.45) is 0. The Morgan fingerprint density at radius 1 is 1.20 bits per heavy atom. The molecule has 78 valence electrons. The summed E-state index contributed by atoms with van der Waals surface area (Å²) in [6, 6.07) is 6.60. The number of aromatic amines is 1. The van der Waals surface area contributed by atoms with Crippen molar-refractivity contribution in [1.82, 2.24) is 9.78 Å². The predicted octanol–water partition coefficient (Wildman–Crippen LogP) is -0.318. The van der Waals surface area contributed by atoms with Gasteiger partial charge in [-0.3, -0.25) is 14.7 Å². The molecular formula is C10H10N2O3. The maximum atomic E-state index is 11.8. The molecular weight excluding hydrogens is 196 g/mol. The van der Waals surface area contributed by atoms with E-state index in [1.807, 2.05) is 0 Å². The molecule has 0 saturated carbocycles. The van der Waals surface area contributed by atoms with Crippen LogP contribution in [0.2, 0.25) is 0 Å². The van der Waals surface area contributed by atoms with Gasteiger partial charge >= 0.3 is 0 Å². The van der Waals surface area contributed by atoms with E-state index >= 15 is 0 Å². The van der Waals surface area contributed by atoms with Crippen LogP contribution in [0.1, 0.15) is 0 Å². The zero-order valence-electron chi connectivity index (χ0n) is 7.93. The highest BCUT2D eigenvalue weighted by molar-refractivity contribution is 5.80. The van der Waals surface area contributed by atoms with Crippen molar-refractivity contribution in [3.05, 3.63) is 45.0 Å². The Hall–Kier alpha value is -1.88. The van der Waals surface area contributed by atoms with Crippen LogP contribution < -0.4 is 11.1 Å². The lowest BCUT2D eigenvalue weighted by atomic mass is 10.2. The summed E-state index contributed by atoms with van der Waals surface area (Å²) in [5.74, 6) is 0. The summed E-state index contributed by atoms with van der Waals surface area (Å²) in [7, 11) is 0. The van der Waals surface area contributed by atoms with Crippen molar-refractivity contribution < 1.29 is 5.11 Å². The molecule has 0 amide bonds. The van der Waals surface area contributed by atoms with Gasteiger partial charge in [0, 0.05) is 0 Å². The van der Waals surface area contributed by atoms with Gasteiger partial charge in [0.1, 0.15) is 0 Å². The van der Waals surface area contributed by atoms with Gasteiger partial charge in [-0.25, -0.2) is 4.68 Å². The Morgan fingerprint density at radius 2 is 1.87 bits per heavy atom. The molecule has 0 atom stereocenters. The quantitative estimate of drug-likeness (QED) is 0.707. The summed E-state index contributed by atoms with van der Waals surface area (Å²) in [4.78, 5) is 23.3. The molecule has 0 bridgehead atoms. The minimum absolute atomic E-state index is 0.0961. The second-order valence-corrected chi connectivity index (χ2v) is 3.17. The molecule has 1 aromatic carbocycles. The smallest absolute Gasteiger partial charge is 0.273 e. The molecule has 0 fully saturated rings. The van der Waals surface area contributed by atoms with Crippen LogP contribution in [0.3, 0.4) is 0 Å². The number of nitrogens with one attached hydrogen (secondary N) is 1. The third kappa shape index (κ3) is 1.57. The summed E-state index contributed by atoms with van der Waals surface area (Å²) >= 11 is 0. The Bertz CT molecular complexity index is 597. The van der Waals surface area contributed by atoms with E-state index in [0.29, 0.717) is 10.8 Å². The highest BCUT2D eigenvalue weighted by Gasteiger charge is 2.05. The Morgan fingerprint density at radius 3 is 2.53 bits per heavy atom. The van der Waals surface area contributed by atoms with Crippen LogP contribution in [0.4, 0.5) is 0 Å². The lowest BCUT2D eigenvalue weighted by Gasteiger charge is -2.04. The molecule has 2 aromatic rings. The maximum Gasteiger partial charge on any atom is 0.273 e. The first-order chi connectivity index (χ1) is 7.24. The van der Waals surface area contributed by atoms with Gasteiger partial charge in [0.15, 0.2) is 0 Å². The molecule has 1 heterocycles. The van der Waals surface area contributed by atoms with Crippen molar-refractivity contribution in [2.24, 2.45) is 0 Å². The van der Waals surface area contributed by atoms with Gasteiger partial charge in [-0.05, 0) is 12.1 Å². The SMILES string of the molecule is O=c1[nH]n(CCO)c(=O)c2ccccc12. The fourth-order valence-corrected chi connectivity index (χ4v) is 1.50. The number of nitrogens with zero attached hydrogens (tertiary/aromatic N) is 1. The molecule has 0 aliphatic carbocycles. The monoisotopic (exact) mass is 206 g/mol. The number of hydrogen-bond acceptors (Lipinski definition) is 3. The first-order valence-corrected chi connectivity index (χ1v) is 4.57. The van der Waals surface area contributed by atoms with Crippen molar-refractivity contribution in [2.45, 2.75) is 6.54 Å². The highest BCUT2D eigenvalue weighted by atomic mass is 16.3. The lowest BCUT2D eigenvalue weighted by molar-refractivity contribution is 0.266. The molecule has 0 unspecified atom stereocenters. The van der Waals surface area contributed by atoms with E-state index in [-0.39, 0.29) is 24.3 Å². The van der Waals surface area contributed by atoms with Crippen molar-refractivity contribution in [3.63, 3.8) is 0 Å². The van der Waals surface area contributed by atoms with Crippen molar-refractivity contribution in [1.29, 1.82) is 0 Å². The van der Waals surface area contributed by atoms with Gasteiger partial charge in [-0.2, -0.15) is 0 Å². The van der Waals surface area contributed by atoms with Crippen LogP contribution in [0, 0.1) is 0 Å². The molecule has 0 aliphatic heterocycles. The number of aliphatic hydroxyl groups is 1. The molecule has 1 aromatic heterocycles. The standard InChI is InChI=1S/C10H10N2O3/c13-6-5-12-10(15)8-4-2-1-3-7(8)9(14)11-12/h1-4,13H,5-6H2,(H,11,14). The maximum absolute atomic E-state index is 11.8. The highest BCUT2D eigenvalue weighted by Crippen LogP contribution is 2.01. The third-order valence-electron chi connectivity index (χ3n) is 2.21. The fraction of sp³-hybridized carbons (Fsp3) is 0.200. The summed E-state index contributed by atoms with van der Waals surface area (Å²) in [5, 5.41) is 11.9. The van der Waals surface area contributed by atoms with Crippen LogP contribution in [-0.4, -0.2) is 21.5 Å². The van der Waals surface area contributed by atoms with E-state index in [4.69, 9.17) is 5.11 Å². The average molecular weight is 206 g/mol. The Kier molecular flexibility index (Phi) is 2.39. The van der Waals surface area contributed by atoms with Crippen LogP contribution >= 0.6 is 0 Å². The minimum Gasteiger partial charge on any atom is -0.394 e. The van der Waals surface area contributed by atoms with Crippen LogP contribution in [0.5, 0.6) is 0 Å². The number of fused-ring (bicyclic) bond motifs is 1. The van der Waals surface area contributed by atoms with Crippen LogP contribution in [0.25, 0.3) is 10.8 Å². The summed E-state index contributed by atoms with van der Waals surface area (Å²) in [5.41, 5.74) is -0.613. The van der Waals surface area contributed by atoms with E-state index in [2.05, 4.69) is 5.10 Å². The first-order valence-electron chi connectivity index (χ1n) is 4.57. The second-order valence-electron chi connectivity index (χ2n) is 3.17. The zero-order valence-corrected chi connectivity index (χ0v) is 7.93. The van der Waals surface area contributed by atoms with E-state index in [9.17, 15) is 9.59 Å². The number of rotatable bonds is 2. The molecule has 2 rings (SSSR count). The number of aromatic nitrogens is 2. The van der Waals surface area contributed by atoms with Crippen molar-refractivity contribution >= 4 is 10.8 Å². The van der Waals surface area contributed by atoms with E-state index in [1.54, 1.807) is 24.3 Å². The van der Waals surface area contributed by atoms with Gasteiger partial charge in [0.25, 0.3) is 11.1 Å². The number of aliphatic hydroxyl groups excluding tert-OH is 1. The molecule has 5 nitrogen and oxygen atoms in total. The molecule has 5 heteroatoms. The average Bonchev–Trinajstić information content (AvgIpc) is 2.26. The lowest BCUT2D eigenvalue weighted by Crippen LogP contribution is -2.30. The third-order valence-corrected chi connectivity index (χ3v) is 2.21. The fourth-order valence-electron chi connectivity index (χ4n) is 1.50. The van der Waals surface area contributed by atoms with Crippen molar-refractivity contribution in [3.8, 4) is 0 Å². The molecule has 0 aliphatic rings. The molecule has 0 saturated heterocycles. The van der Waals surface area contributed by atoms with E-state index in [0.717, 1.165) is 4.68 Å². The van der Waals surface area contributed by atoms with Crippen molar-refractivity contribution in [2.75, 3.05) is 6.61 Å². The van der Waals surface area contributed by atoms with Crippen LogP contribution in [0.15, 0.2) is 33.9 Å². The summed E-state index contributed by atoms with van der Waals surface area (Å²) < 4.78 is 1.12. The zero-order chi connectivity index (χ0) is 10.8. The van der Waals surface area contributed by atoms with Gasteiger partial charge in [0.2, 0.25) is 0 Å². The number of H-pyrrole nitrogens is 1. The Labute approximate surface area is 84.6 Å². The molecule has 0 spiro atoms. The number of benzene rings is 1. The van der Waals surface area contributed by atoms with E-state index < -0.39 is 0 Å². The minimum atomic E-state index is -0.321. The largest absolute Gasteiger partial charge is 0.394 e. The van der Waals surface area contributed by atoms with Gasteiger partial charge in [-0.15, -0.1) is 0 Å². The molecule has 15 heavy (non-hydrogen) atoms. The first kappa shape index (κ1) is 9.67. The normalized spacial score (nSPS) is 10.7. The van der Waals surface area contributed by atoms with Crippen LogP contribution in [-0.2, 0) is 6.54 Å². The molecule has 2 N–H and O–H groups in total. The second kappa shape index (κ2) is 3.70. The summed E-state index contributed by atoms with van der Waals surface area (Å²) in [6.45, 7) is -0.0902. The van der Waals surface area contributed by atoms with Gasteiger partial charge in [-0.1, -0.05) is 12.1 Å². The Balaban J connectivity index is 2.85. The number of hydrogen-bond donors (Lipinski definition) is 2. The topological polar surface area (TPSA) is 75.1 Å². The van der Waals surface area contributed by atoms with Gasteiger partial charge < -0.3 is 5.11 Å². The van der Waals surface area contributed by atoms with E-state index in [1.165, 1.54) is 0 Å².